The van der Waals surface area contributed by atoms with E-state index in [2.05, 4.69) is 0 Å². The van der Waals surface area contributed by atoms with Crippen molar-refractivity contribution < 1.29 is 143 Å². The largest absolute Gasteiger partial charge is 3.00 e. The van der Waals surface area contributed by atoms with Crippen molar-refractivity contribution in [3.05, 3.63) is 146 Å². The molecule has 6 aromatic carbocycles. The van der Waals surface area contributed by atoms with E-state index < -0.39 is 60.7 Å². The molecule has 0 amide bonds. The van der Waals surface area contributed by atoms with Crippen LogP contribution in [-0.4, -0.2) is 77.8 Å². The van der Waals surface area contributed by atoms with Gasteiger partial charge < -0.3 is 27.3 Å². The van der Waals surface area contributed by atoms with Gasteiger partial charge in [-0.1, -0.05) is 72.8 Å². The van der Waals surface area contributed by atoms with Crippen LogP contribution >= 0.6 is 0 Å². The van der Waals surface area contributed by atoms with Gasteiger partial charge in [0.05, 0.1) is 29.4 Å². The molecule has 0 aliphatic rings. The molecular formula is C36H24O18S6Y2. The molecule has 0 radical (unpaired) electrons. The normalized spacial score (nSPS) is 11.9. The zero-order valence-electron chi connectivity index (χ0n) is 30.8. The summed E-state index contributed by atoms with van der Waals surface area (Å²) in [4.78, 5) is -2.08. The Kier molecular flexibility index (Phi) is 19.4. The molecule has 6 aromatic rings. The van der Waals surface area contributed by atoms with Crippen LogP contribution in [0.25, 0.3) is 33.4 Å². The molecule has 0 aromatic heterocycles. The summed E-state index contributed by atoms with van der Waals surface area (Å²) in [5.41, 5.74) is 3.54. The SMILES string of the molecule is O=S(=O)([O-])c1ccc(-c2ccc(S(=O)(=O)[O-])cc2)cc1.O=S(=O)([O-])c1ccc(-c2ccc(S(=O)(=O)[O-])cc2)cc1.O=S(=O)([O-])c1ccc(-c2ccc(S(=O)(=O)[O-])cc2)cc1.[Y+3].[Y+3]. The van der Waals surface area contributed by atoms with Gasteiger partial charge in [-0.15, -0.1) is 0 Å². The minimum atomic E-state index is -4.50. The summed E-state index contributed by atoms with van der Waals surface area (Å²) >= 11 is 0. The van der Waals surface area contributed by atoms with Crippen molar-refractivity contribution in [1.29, 1.82) is 0 Å². The average molecular weight is 1110 g/mol. The summed E-state index contributed by atoms with van der Waals surface area (Å²) in [5.74, 6) is 0. The molecule has 26 heteroatoms. The second kappa shape index (κ2) is 21.8. The Balaban J connectivity index is 0.000000315. The van der Waals surface area contributed by atoms with Crippen molar-refractivity contribution in [2.45, 2.75) is 29.4 Å². The van der Waals surface area contributed by atoms with Gasteiger partial charge in [-0.2, -0.15) is 0 Å². The molecule has 0 N–H and O–H groups in total. The maximum atomic E-state index is 10.8. The molecule has 0 aliphatic carbocycles. The Morgan fingerprint density at radius 2 is 0.274 bits per heavy atom. The van der Waals surface area contributed by atoms with E-state index in [1.54, 1.807) is 0 Å². The summed E-state index contributed by atoms with van der Waals surface area (Å²) in [6.45, 7) is 0. The number of benzene rings is 6. The van der Waals surface area contributed by atoms with Crippen LogP contribution in [0.5, 0.6) is 0 Å². The van der Waals surface area contributed by atoms with Crippen molar-refractivity contribution in [1.82, 2.24) is 0 Å². The van der Waals surface area contributed by atoms with Gasteiger partial charge >= 0.3 is 65.4 Å². The molecule has 0 fully saturated rings. The molecule has 0 aliphatic heterocycles. The van der Waals surface area contributed by atoms with Gasteiger partial charge in [0.25, 0.3) is 0 Å². The van der Waals surface area contributed by atoms with E-state index >= 15 is 0 Å². The summed E-state index contributed by atoms with van der Waals surface area (Å²) in [6.07, 6.45) is 0. The van der Waals surface area contributed by atoms with E-state index in [0.29, 0.717) is 33.4 Å². The Morgan fingerprint density at radius 3 is 0.339 bits per heavy atom. The third kappa shape index (κ3) is 16.2. The first-order valence-electron chi connectivity index (χ1n) is 15.9. The minimum Gasteiger partial charge on any atom is -0.744 e. The molecule has 0 saturated carbocycles. The first-order valence-corrected chi connectivity index (χ1v) is 24.4. The van der Waals surface area contributed by atoms with Gasteiger partial charge in [-0.05, 0) is 106 Å². The summed E-state index contributed by atoms with van der Waals surface area (Å²) in [6, 6.07) is 31.0. The maximum absolute atomic E-state index is 10.8. The topological polar surface area (TPSA) is 343 Å². The van der Waals surface area contributed by atoms with Crippen LogP contribution in [0.4, 0.5) is 0 Å². The Labute approximate surface area is 407 Å². The van der Waals surface area contributed by atoms with Gasteiger partial charge in [0.2, 0.25) is 0 Å². The summed E-state index contributed by atoms with van der Waals surface area (Å²) in [7, 11) is -27.0. The second-order valence-corrected chi connectivity index (χ2v) is 20.1. The van der Waals surface area contributed by atoms with E-state index in [4.69, 9.17) is 0 Å². The Morgan fingerprint density at radius 1 is 0.194 bits per heavy atom. The summed E-state index contributed by atoms with van der Waals surface area (Å²) < 4.78 is 194. The third-order valence-corrected chi connectivity index (χ3v) is 13.0. The van der Waals surface area contributed by atoms with Crippen LogP contribution in [0.2, 0.25) is 0 Å². The fourth-order valence-corrected chi connectivity index (χ4v) is 7.70. The number of rotatable bonds is 9. The van der Waals surface area contributed by atoms with Gasteiger partial charge in [-0.25, -0.2) is 50.5 Å². The molecule has 318 valence electrons. The standard InChI is InChI=1S/3C12H10O6S2.2Y/c3*13-19(14,15)11-5-1-9(2-6-11)10-3-7-12(8-4-10)20(16,17)18;;/h3*1-8H,(H,13,14,15)(H,16,17,18);;/q;;;2*+3/p-6. The molecular weight excluding hydrogens is 1090 g/mol. The molecule has 0 saturated heterocycles. The van der Waals surface area contributed by atoms with E-state index in [1.165, 1.54) is 72.8 Å². The van der Waals surface area contributed by atoms with Crippen LogP contribution in [0.3, 0.4) is 0 Å². The maximum Gasteiger partial charge on any atom is 3.00 e. The van der Waals surface area contributed by atoms with E-state index in [1.807, 2.05) is 0 Å². The monoisotopic (exact) mass is 1110 g/mol. The fourth-order valence-electron chi connectivity index (χ4n) is 4.88. The molecule has 18 nitrogen and oxygen atoms in total. The van der Waals surface area contributed by atoms with Gasteiger partial charge in [0.15, 0.2) is 0 Å². The smallest absolute Gasteiger partial charge is 0.744 e. The van der Waals surface area contributed by atoms with Crippen molar-refractivity contribution in [2.24, 2.45) is 0 Å². The summed E-state index contributed by atoms with van der Waals surface area (Å²) in [5, 5.41) is 0. The first kappa shape index (κ1) is 55.1. The van der Waals surface area contributed by atoms with E-state index in [0.717, 1.165) is 72.8 Å². The van der Waals surface area contributed by atoms with Gasteiger partial charge in [0, 0.05) is 0 Å². The molecule has 6 rings (SSSR count). The molecule has 0 unspecified atom stereocenters. The molecule has 0 spiro atoms. The average Bonchev–Trinajstić information content (AvgIpc) is 3.17. The van der Waals surface area contributed by atoms with Crippen LogP contribution in [0, 0.1) is 0 Å². The fraction of sp³-hybridized carbons (Fsp3) is 0. The predicted molar refractivity (Wildman–Crippen MR) is 203 cm³/mol. The van der Waals surface area contributed by atoms with Crippen LogP contribution < -0.4 is 0 Å². The Bertz CT molecular complexity index is 2600. The molecule has 62 heavy (non-hydrogen) atoms. The zero-order chi connectivity index (χ0) is 44.9. The first-order chi connectivity index (χ1) is 27.5. The quantitative estimate of drug-likeness (QED) is 0.187. The van der Waals surface area contributed by atoms with Crippen molar-refractivity contribution in [3.8, 4) is 33.4 Å². The predicted octanol–water partition coefficient (Wildman–Crippen LogP) is 3.48. The molecule has 0 atom stereocenters. The third-order valence-electron chi connectivity index (χ3n) is 7.86. The number of hydrogen-bond donors (Lipinski definition) is 0. The van der Waals surface area contributed by atoms with E-state index in [-0.39, 0.29) is 94.8 Å². The van der Waals surface area contributed by atoms with Gasteiger partial charge in [0.1, 0.15) is 60.7 Å². The second-order valence-electron chi connectivity index (χ2n) is 11.9. The van der Waals surface area contributed by atoms with Gasteiger partial charge in [-0.3, -0.25) is 0 Å². The molecule has 0 bridgehead atoms. The number of hydrogen-bond acceptors (Lipinski definition) is 18. The Hall–Kier alpha value is -3.01. The van der Waals surface area contributed by atoms with Crippen LogP contribution in [0.1, 0.15) is 0 Å². The van der Waals surface area contributed by atoms with E-state index in [9.17, 15) is 77.8 Å². The van der Waals surface area contributed by atoms with Crippen molar-refractivity contribution >= 4 is 60.7 Å². The van der Waals surface area contributed by atoms with Crippen molar-refractivity contribution in [2.75, 3.05) is 0 Å². The van der Waals surface area contributed by atoms with Crippen LogP contribution in [-0.2, 0) is 126 Å². The van der Waals surface area contributed by atoms with Crippen LogP contribution in [0.15, 0.2) is 175 Å². The minimum absolute atomic E-state index is 0. The zero-order valence-corrected chi connectivity index (χ0v) is 41.4. The van der Waals surface area contributed by atoms with Crippen molar-refractivity contribution in [3.63, 3.8) is 0 Å². The molecule has 0 heterocycles.